The van der Waals surface area contributed by atoms with Gasteiger partial charge in [-0.2, -0.15) is 0 Å². The lowest BCUT2D eigenvalue weighted by atomic mass is 9.59. The van der Waals surface area contributed by atoms with Gasteiger partial charge in [0, 0.05) is 17.8 Å². The van der Waals surface area contributed by atoms with E-state index in [0.717, 1.165) is 5.56 Å². The topological polar surface area (TPSA) is 54.4 Å². The fourth-order valence-electron chi connectivity index (χ4n) is 2.16. The van der Waals surface area contributed by atoms with Crippen LogP contribution in [0.5, 0.6) is 0 Å². The van der Waals surface area contributed by atoms with Crippen molar-refractivity contribution in [3.63, 3.8) is 0 Å². The van der Waals surface area contributed by atoms with E-state index in [9.17, 15) is 9.59 Å². The molecule has 1 unspecified atom stereocenters. The minimum atomic E-state index is -0.921. The third-order valence-corrected chi connectivity index (χ3v) is 3.54. The van der Waals surface area contributed by atoms with E-state index in [2.05, 4.69) is 0 Å². The van der Waals surface area contributed by atoms with E-state index in [1.807, 2.05) is 26.0 Å². The van der Waals surface area contributed by atoms with Crippen LogP contribution < -0.4 is 0 Å². The average molecular weight is 218 g/mol. The summed E-state index contributed by atoms with van der Waals surface area (Å²) < 4.78 is 0. The number of carbonyl (C=O) groups excluding carboxylic acids is 1. The van der Waals surface area contributed by atoms with Gasteiger partial charge in [0.2, 0.25) is 0 Å². The molecule has 84 valence electrons. The highest BCUT2D eigenvalue weighted by Gasteiger charge is 2.47. The lowest BCUT2D eigenvalue weighted by Crippen LogP contribution is -2.43. The van der Waals surface area contributed by atoms with E-state index >= 15 is 0 Å². The number of benzene rings is 1. The molecule has 0 amide bonds. The lowest BCUT2D eigenvalue weighted by molar-refractivity contribution is -0.137. The zero-order chi connectivity index (χ0) is 11.9. The summed E-state index contributed by atoms with van der Waals surface area (Å²) in [6.45, 7) is 3.88. The normalized spacial score (nSPS) is 22.6. The number of hydrogen-bond acceptors (Lipinski definition) is 2. The van der Waals surface area contributed by atoms with Crippen molar-refractivity contribution in [1.82, 2.24) is 0 Å². The van der Waals surface area contributed by atoms with Gasteiger partial charge in [0.05, 0.1) is 5.56 Å². The maximum absolute atomic E-state index is 11.4. The monoisotopic (exact) mass is 218 g/mol. The fourth-order valence-corrected chi connectivity index (χ4v) is 2.16. The second-order valence-corrected chi connectivity index (χ2v) is 4.83. The predicted molar refractivity (Wildman–Crippen MR) is 59.5 cm³/mol. The summed E-state index contributed by atoms with van der Waals surface area (Å²) in [5, 5.41) is 8.78. The van der Waals surface area contributed by atoms with Gasteiger partial charge in [-0.05, 0) is 17.7 Å². The molecule has 1 atom stereocenters. The van der Waals surface area contributed by atoms with Crippen LogP contribution in [0.1, 0.15) is 42.1 Å². The molecule has 0 radical (unpaired) electrons. The van der Waals surface area contributed by atoms with Crippen molar-refractivity contribution in [1.29, 1.82) is 0 Å². The van der Waals surface area contributed by atoms with Crippen molar-refractivity contribution < 1.29 is 14.7 Å². The minimum Gasteiger partial charge on any atom is -0.478 e. The van der Waals surface area contributed by atoms with Crippen LogP contribution in [0.4, 0.5) is 0 Å². The molecule has 0 aliphatic heterocycles. The summed E-state index contributed by atoms with van der Waals surface area (Å²) in [5.74, 6) is -0.418. The van der Waals surface area contributed by atoms with Gasteiger partial charge in [0.25, 0.3) is 0 Å². The Morgan fingerprint density at radius 2 is 1.88 bits per heavy atom. The molecule has 3 nitrogen and oxygen atoms in total. The van der Waals surface area contributed by atoms with Gasteiger partial charge in [-0.1, -0.05) is 26.0 Å². The molecule has 0 heterocycles. The van der Waals surface area contributed by atoms with E-state index in [-0.39, 0.29) is 22.7 Å². The van der Waals surface area contributed by atoms with E-state index in [4.69, 9.17) is 5.11 Å². The second kappa shape index (κ2) is 3.44. The average Bonchev–Trinajstić information content (AvgIpc) is 2.26. The van der Waals surface area contributed by atoms with Crippen LogP contribution in [0.3, 0.4) is 0 Å². The first-order chi connectivity index (χ1) is 7.43. The molecule has 0 saturated heterocycles. The summed E-state index contributed by atoms with van der Waals surface area (Å²) in [7, 11) is 0. The van der Waals surface area contributed by atoms with Crippen molar-refractivity contribution in [3.05, 3.63) is 35.4 Å². The Labute approximate surface area is 94.1 Å². The lowest BCUT2D eigenvalue weighted by Gasteiger charge is -2.42. The Morgan fingerprint density at radius 3 is 2.25 bits per heavy atom. The van der Waals surface area contributed by atoms with Gasteiger partial charge >= 0.3 is 5.97 Å². The molecule has 1 aliphatic rings. The molecule has 0 bridgehead atoms. The van der Waals surface area contributed by atoms with Crippen LogP contribution in [-0.4, -0.2) is 16.9 Å². The van der Waals surface area contributed by atoms with E-state index in [1.54, 1.807) is 12.1 Å². The molecule has 1 aliphatic carbocycles. The van der Waals surface area contributed by atoms with Gasteiger partial charge < -0.3 is 5.11 Å². The van der Waals surface area contributed by atoms with E-state index in [1.165, 1.54) is 0 Å². The number of ketones is 1. The molecule has 1 fully saturated rings. The summed E-state index contributed by atoms with van der Waals surface area (Å²) in [6.07, 6.45) is 0.569. The molecular formula is C13H14O3. The first-order valence-corrected chi connectivity index (χ1v) is 5.29. The van der Waals surface area contributed by atoms with Crippen LogP contribution in [0.25, 0.3) is 0 Å². The Balaban J connectivity index is 2.24. The van der Waals surface area contributed by atoms with Gasteiger partial charge in [0.1, 0.15) is 5.78 Å². The first-order valence-electron chi connectivity index (χ1n) is 5.29. The third-order valence-electron chi connectivity index (χ3n) is 3.54. The van der Waals surface area contributed by atoms with Crippen LogP contribution >= 0.6 is 0 Å². The SMILES string of the molecule is CC1(C)C(=O)CC1c1ccc(C(=O)O)cc1. The van der Waals surface area contributed by atoms with Gasteiger partial charge in [-0.15, -0.1) is 0 Å². The quantitative estimate of drug-likeness (QED) is 0.829. The van der Waals surface area contributed by atoms with Crippen molar-refractivity contribution >= 4 is 11.8 Å². The zero-order valence-electron chi connectivity index (χ0n) is 9.36. The Bertz CT molecular complexity index is 443. The standard InChI is InChI=1S/C13H14O3/c1-13(2)10(7-11(13)14)8-3-5-9(6-4-8)12(15)16/h3-6,10H,7H2,1-2H3,(H,15,16). The van der Waals surface area contributed by atoms with Gasteiger partial charge in [0.15, 0.2) is 0 Å². The van der Waals surface area contributed by atoms with Crippen molar-refractivity contribution in [3.8, 4) is 0 Å². The third kappa shape index (κ3) is 1.52. The number of hydrogen-bond donors (Lipinski definition) is 1. The largest absolute Gasteiger partial charge is 0.478 e. The molecule has 1 aromatic rings. The number of carboxylic acid groups (broad SMARTS) is 1. The Hall–Kier alpha value is -1.64. The Kier molecular flexibility index (Phi) is 2.34. The maximum atomic E-state index is 11.4. The van der Waals surface area contributed by atoms with E-state index < -0.39 is 5.97 Å². The fraction of sp³-hybridized carbons (Fsp3) is 0.385. The minimum absolute atomic E-state index is 0.225. The highest BCUT2D eigenvalue weighted by molar-refractivity contribution is 5.93. The van der Waals surface area contributed by atoms with Crippen molar-refractivity contribution in [2.45, 2.75) is 26.2 Å². The molecular weight excluding hydrogens is 204 g/mol. The summed E-state index contributed by atoms with van der Waals surface area (Å²) in [4.78, 5) is 22.1. The number of aromatic carboxylic acids is 1. The highest BCUT2D eigenvalue weighted by atomic mass is 16.4. The van der Waals surface area contributed by atoms with Crippen LogP contribution in [0.2, 0.25) is 0 Å². The van der Waals surface area contributed by atoms with Gasteiger partial charge in [-0.25, -0.2) is 4.79 Å². The van der Waals surface area contributed by atoms with Crippen LogP contribution in [0.15, 0.2) is 24.3 Å². The second-order valence-electron chi connectivity index (χ2n) is 4.83. The molecule has 1 aromatic carbocycles. The zero-order valence-corrected chi connectivity index (χ0v) is 9.36. The Morgan fingerprint density at radius 1 is 1.31 bits per heavy atom. The maximum Gasteiger partial charge on any atom is 0.335 e. The molecule has 3 heteroatoms. The van der Waals surface area contributed by atoms with Crippen LogP contribution in [-0.2, 0) is 4.79 Å². The number of rotatable bonds is 2. The van der Waals surface area contributed by atoms with Gasteiger partial charge in [-0.3, -0.25) is 4.79 Å². The predicted octanol–water partition coefficient (Wildman–Crippen LogP) is 2.47. The van der Waals surface area contributed by atoms with E-state index in [0.29, 0.717) is 6.42 Å². The molecule has 2 rings (SSSR count). The first kappa shape index (κ1) is 10.9. The summed E-state index contributed by atoms with van der Waals surface area (Å²) in [6, 6.07) is 6.80. The summed E-state index contributed by atoms with van der Waals surface area (Å²) >= 11 is 0. The molecule has 16 heavy (non-hydrogen) atoms. The molecule has 0 spiro atoms. The smallest absolute Gasteiger partial charge is 0.335 e. The number of carboxylic acids is 1. The van der Waals surface area contributed by atoms with Crippen molar-refractivity contribution in [2.24, 2.45) is 5.41 Å². The molecule has 1 saturated carbocycles. The summed E-state index contributed by atoms with van der Waals surface area (Å²) in [5.41, 5.74) is 1.03. The van der Waals surface area contributed by atoms with Crippen LogP contribution in [0, 0.1) is 5.41 Å². The highest BCUT2D eigenvalue weighted by Crippen LogP contribution is 2.49. The molecule has 1 N–H and O–H groups in total. The number of carbonyl (C=O) groups is 2. The van der Waals surface area contributed by atoms with Crippen molar-refractivity contribution in [2.75, 3.05) is 0 Å². The molecule has 0 aromatic heterocycles. The number of Topliss-reactive ketones (excluding diaryl/α,β-unsaturated/α-hetero) is 1.